The van der Waals surface area contributed by atoms with Crippen molar-refractivity contribution in [1.29, 1.82) is 0 Å². The van der Waals surface area contributed by atoms with E-state index in [0.717, 1.165) is 29.5 Å². The molecule has 0 saturated heterocycles. The minimum atomic E-state index is -0.159. The fourth-order valence-corrected chi connectivity index (χ4v) is 2.22. The van der Waals surface area contributed by atoms with E-state index in [1.54, 1.807) is 18.5 Å². The smallest absolute Gasteiger partial charge is 0.123 e. The monoisotopic (exact) mass is 262 g/mol. The third kappa shape index (κ3) is 2.41. The predicted octanol–water partition coefficient (Wildman–Crippen LogP) is 3.52. The summed E-state index contributed by atoms with van der Waals surface area (Å²) < 4.78 is 13.1. The quantitative estimate of drug-likeness (QED) is 0.786. The van der Waals surface area contributed by atoms with Crippen LogP contribution in [0.3, 0.4) is 0 Å². The van der Waals surface area contributed by atoms with Crippen molar-refractivity contribution in [2.45, 2.75) is 12.8 Å². The molecule has 4 heteroatoms. The highest BCUT2D eigenvalue weighted by Crippen LogP contribution is 2.33. The van der Waals surface area contributed by atoms with Crippen LogP contribution in [0.4, 0.5) is 4.39 Å². The Balaban J connectivity index is 0.00000120. The Morgan fingerprint density at radius 1 is 1.11 bits per heavy atom. The van der Waals surface area contributed by atoms with Gasteiger partial charge in [0, 0.05) is 18.0 Å². The number of fused-ring (bicyclic) bond motifs is 1. The minimum absolute atomic E-state index is 0. The number of aryl methyl sites for hydroxylation is 1. The van der Waals surface area contributed by atoms with E-state index in [4.69, 9.17) is 0 Å². The molecule has 1 aromatic heterocycles. The average Bonchev–Trinajstić information content (AvgIpc) is 2.73. The van der Waals surface area contributed by atoms with Gasteiger partial charge in [0.05, 0.1) is 0 Å². The first-order chi connectivity index (χ1) is 8.33. The summed E-state index contributed by atoms with van der Waals surface area (Å²) >= 11 is 0. The lowest BCUT2D eigenvalue weighted by molar-refractivity contribution is 0.626. The van der Waals surface area contributed by atoms with E-state index >= 15 is 0 Å². The summed E-state index contributed by atoms with van der Waals surface area (Å²) in [7, 11) is 0. The van der Waals surface area contributed by atoms with Crippen LogP contribution in [0.2, 0.25) is 0 Å². The molecule has 0 unspecified atom stereocenters. The number of benzene rings is 1. The van der Waals surface area contributed by atoms with Gasteiger partial charge in [-0.3, -0.25) is 0 Å². The van der Waals surface area contributed by atoms with Crippen LogP contribution in [0.5, 0.6) is 0 Å². The predicted molar refractivity (Wildman–Crippen MR) is 71.9 cm³/mol. The van der Waals surface area contributed by atoms with Gasteiger partial charge in [-0.2, -0.15) is 0 Å². The van der Waals surface area contributed by atoms with Gasteiger partial charge in [0.15, 0.2) is 0 Å². The SMILES string of the molecule is Cl.Fc1ccc2c(c1)CCC2=Cc1cncnc1. The Labute approximate surface area is 111 Å². The van der Waals surface area contributed by atoms with E-state index in [2.05, 4.69) is 16.0 Å². The molecular weight excluding hydrogens is 251 g/mol. The van der Waals surface area contributed by atoms with E-state index in [1.807, 2.05) is 6.07 Å². The molecule has 0 saturated carbocycles. The Kier molecular flexibility index (Phi) is 3.72. The Hall–Kier alpha value is -1.74. The van der Waals surface area contributed by atoms with Crippen LogP contribution in [0.25, 0.3) is 11.6 Å². The van der Waals surface area contributed by atoms with Crippen LogP contribution in [0, 0.1) is 5.82 Å². The second-order valence-corrected chi connectivity index (χ2v) is 4.14. The zero-order valence-corrected chi connectivity index (χ0v) is 10.5. The molecule has 0 fully saturated rings. The standard InChI is InChI=1S/C14H11FN2.ClH/c15-13-3-4-14-11(1-2-12(14)6-13)5-10-7-16-9-17-8-10;/h3-9H,1-2H2;1H. The third-order valence-electron chi connectivity index (χ3n) is 3.00. The number of hydrogen-bond donors (Lipinski definition) is 0. The first-order valence-corrected chi connectivity index (χ1v) is 5.57. The van der Waals surface area contributed by atoms with Crippen LogP contribution >= 0.6 is 12.4 Å². The van der Waals surface area contributed by atoms with Gasteiger partial charge in [-0.05, 0) is 47.8 Å². The van der Waals surface area contributed by atoms with E-state index in [0.29, 0.717) is 0 Å². The van der Waals surface area contributed by atoms with Crippen LogP contribution in [0.15, 0.2) is 36.9 Å². The Morgan fingerprint density at radius 2 is 1.89 bits per heavy atom. The normalized spacial score (nSPS) is 15.3. The average molecular weight is 263 g/mol. The van der Waals surface area contributed by atoms with Crippen LogP contribution in [-0.2, 0) is 6.42 Å². The number of aromatic nitrogens is 2. The van der Waals surface area contributed by atoms with E-state index in [-0.39, 0.29) is 18.2 Å². The second kappa shape index (κ2) is 5.27. The summed E-state index contributed by atoms with van der Waals surface area (Å²) in [5, 5.41) is 0. The molecule has 0 atom stereocenters. The van der Waals surface area contributed by atoms with Crippen molar-refractivity contribution < 1.29 is 4.39 Å². The van der Waals surface area contributed by atoms with Crippen LogP contribution in [-0.4, -0.2) is 9.97 Å². The van der Waals surface area contributed by atoms with Crippen molar-refractivity contribution in [3.8, 4) is 0 Å². The highest BCUT2D eigenvalue weighted by Gasteiger charge is 2.16. The molecule has 0 radical (unpaired) electrons. The lowest BCUT2D eigenvalue weighted by Crippen LogP contribution is -1.84. The fourth-order valence-electron chi connectivity index (χ4n) is 2.22. The molecule has 1 heterocycles. The summed E-state index contributed by atoms with van der Waals surface area (Å²) in [5.41, 5.74) is 4.46. The molecule has 0 aliphatic heterocycles. The first-order valence-electron chi connectivity index (χ1n) is 5.57. The van der Waals surface area contributed by atoms with Crippen molar-refractivity contribution in [2.24, 2.45) is 0 Å². The van der Waals surface area contributed by atoms with Crippen LogP contribution < -0.4 is 0 Å². The van der Waals surface area contributed by atoms with Crippen molar-refractivity contribution in [3.05, 3.63) is 59.4 Å². The van der Waals surface area contributed by atoms with Gasteiger partial charge >= 0.3 is 0 Å². The molecule has 1 aromatic carbocycles. The highest BCUT2D eigenvalue weighted by molar-refractivity contribution is 5.85. The number of allylic oxidation sites excluding steroid dienone is 1. The maximum absolute atomic E-state index is 13.1. The molecule has 0 spiro atoms. The van der Waals surface area contributed by atoms with Gasteiger partial charge in [-0.1, -0.05) is 6.07 Å². The van der Waals surface area contributed by atoms with Crippen molar-refractivity contribution in [2.75, 3.05) is 0 Å². The largest absolute Gasteiger partial charge is 0.244 e. The van der Waals surface area contributed by atoms with Gasteiger partial charge in [0.1, 0.15) is 12.1 Å². The molecule has 2 aromatic rings. The zero-order chi connectivity index (χ0) is 11.7. The number of hydrogen-bond acceptors (Lipinski definition) is 2. The van der Waals surface area contributed by atoms with E-state index in [9.17, 15) is 4.39 Å². The summed E-state index contributed by atoms with van der Waals surface area (Å²) in [4.78, 5) is 7.96. The summed E-state index contributed by atoms with van der Waals surface area (Å²) in [6.07, 6.45) is 9.01. The van der Waals surface area contributed by atoms with Crippen molar-refractivity contribution in [3.63, 3.8) is 0 Å². The maximum atomic E-state index is 13.1. The Morgan fingerprint density at radius 3 is 2.67 bits per heavy atom. The third-order valence-corrected chi connectivity index (χ3v) is 3.00. The topological polar surface area (TPSA) is 25.8 Å². The molecule has 18 heavy (non-hydrogen) atoms. The Bertz CT molecular complexity index is 582. The van der Waals surface area contributed by atoms with Crippen LogP contribution in [0.1, 0.15) is 23.1 Å². The molecule has 0 N–H and O–H groups in total. The molecule has 1 aliphatic carbocycles. The maximum Gasteiger partial charge on any atom is 0.123 e. The molecule has 92 valence electrons. The summed E-state index contributed by atoms with van der Waals surface area (Å²) in [5.74, 6) is -0.159. The molecule has 2 nitrogen and oxygen atoms in total. The number of halogens is 2. The van der Waals surface area contributed by atoms with Gasteiger partial charge in [0.25, 0.3) is 0 Å². The number of nitrogens with zero attached hydrogens (tertiary/aromatic N) is 2. The lowest BCUT2D eigenvalue weighted by Gasteiger charge is -2.01. The lowest BCUT2D eigenvalue weighted by atomic mass is 10.1. The second-order valence-electron chi connectivity index (χ2n) is 4.14. The minimum Gasteiger partial charge on any atom is -0.244 e. The van der Waals surface area contributed by atoms with Crippen molar-refractivity contribution >= 4 is 24.1 Å². The molecule has 1 aliphatic rings. The fraction of sp³-hybridized carbons (Fsp3) is 0.143. The van der Waals surface area contributed by atoms with Gasteiger partial charge in [-0.25, -0.2) is 14.4 Å². The molecule has 0 amide bonds. The van der Waals surface area contributed by atoms with Gasteiger partial charge in [-0.15, -0.1) is 12.4 Å². The summed E-state index contributed by atoms with van der Waals surface area (Å²) in [6, 6.07) is 4.99. The first kappa shape index (κ1) is 12.7. The highest BCUT2D eigenvalue weighted by atomic mass is 35.5. The van der Waals surface area contributed by atoms with Gasteiger partial charge < -0.3 is 0 Å². The zero-order valence-electron chi connectivity index (χ0n) is 9.64. The molecular formula is C14H12ClFN2. The summed E-state index contributed by atoms with van der Waals surface area (Å²) in [6.45, 7) is 0. The van der Waals surface area contributed by atoms with E-state index < -0.39 is 0 Å². The molecule has 0 bridgehead atoms. The van der Waals surface area contributed by atoms with E-state index in [1.165, 1.54) is 18.0 Å². The van der Waals surface area contributed by atoms with Gasteiger partial charge in [0.2, 0.25) is 0 Å². The molecule has 3 rings (SSSR count). The number of rotatable bonds is 1. The van der Waals surface area contributed by atoms with Crippen molar-refractivity contribution in [1.82, 2.24) is 9.97 Å².